The number of amides is 8. The number of benzene rings is 1. The van der Waals surface area contributed by atoms with E-state index in [0.29, 0.717) is 17.0 Å². The Morgan fingerprint density at radius 2 is 1.69 bits per heavy atom. The fraction of sp³-hybridized carbons (Fsp3) is 0.614. The molecule has 8 amide bonds. The zero-order valence-corrected chi connectivity index (χ0v) is 41.6. The van der Waals surface area contributed by atoms with Crippen molar-refractivity contribution in [3.05, 3.63) is 50.4 Å². The molecular weight excluding hydrogens is 959 g/mol. The highest BCUT2D eigenvalue weighted by Crippen LogP contribution is 2.30. The second kappa shape index (κ2) is 25.5. The molecule has 0 aliphatic carbocycles. The summed E-state index contributed by atoms with van der Waals surface area (Å²) in [6.45, 7) is 6.90. The summed E-state index contributed by atoms with van der Waals surface area (Å²) in [5, 5.41) is 24.6. The molecule has 0 saturated carbocycles. The largest absolute Gasteiger partial charge is 0.426 e. The molecule has 68 heavy (non-hydrogen) atoms. The van der Waals surface area contributed by atoms with E-state index in [0.717, 1.165) is 9.80 Å². The molecular formula is C44H62Cl2F3N9O9S. The van der Waals surface area contributed by atoms with Crippen molar-refractivity contribution in [1.29, 1.82) is 0 Å². The third-order valence-corrected chi connectivity index (χ3v) is 12.8. The van der Waals surface area contributed by atoms with Gasteiger partial charge in [-0.05, 0) is 88.5 Å². The van der Waals surface area contributed by atoms with Crippen LogP contribution in [0.4, 0.5) is 13.2 Å². The summed E-state index contributed by atoms with van der Waals surface area (Å²) in [4.78, 5) is 118. The quantitative estimate of drug-likeness (QED) is 0.134. The number of likely N-dealkylation sites (N-methyl/N-ethyl adjacent to an activating group) is 3. The number of hydrogen-bond acceptors (Lipinski definition) is 11. The first-order valence-electron chi connectivity index (χ1n) is 22.1. The van der Waals surface area contributed by atoms with Gasteiger partial charge in [0.2, 0.25) is 41.0 Å². The van der Waals surface area contributed by atoms with Crippen molar-refractivity contribution in [2.75, 3.05) is 34.2 Å². The maximum atomic E-state index is 14.6. The molecule has 18 nitrogen and oxygen atoms in total. The van der Waals surface area contributed by atoms with E-state index in [9.17, 15) is 56.6 Å². The van der Waals surface area contributed by atoms with E-state index in [1.807, 2.05) is 19.2 Å². The minimum Gasteiger partial charge on any atom is -0.373 e. The molecule has 1 saturated heterocycles. The zero-order valence-electron chi connectivity index (χ0n) is 39.3. The van der Waals surface area contributed by atoms with E-state index in [-0.39, 0.29) is 81.6 Å². The van der Waals surface area contributed by atoms with Crippen molar-refractivity contribution in [2.24, 2.45) is 5.92 Å². The van der Waals surface area contributed by atoms with Gasteiger partial charge in [0.05, 0.1) is 5.51 Å². The molecule has 1 aliphatic heterocycles. The average molecular weight is 1020 g/mol. The van der Waals surface area contributed by atoms with E-state index in [1.54, 1.807) is 12.1 Å². The van der Waals surface area contributed by atoms with Crippen LogP contribution in [0.1, 0.15) is 95.6 Å². The molecule has 2 aromatic rings. The lowest BCUT2D eigenvalue weighted by Gasteiger charge is -2.35. The molecule has 24 heteroatoms. The Bertz CT molecular complexity index is 2120. The molecule has 2 heterocycles. The van der Waals surface area contributed by atoms with Gasteiger partial charge in [-0.1, -0.05) is 44.0 Å². The van der Waals surface area contributed by atoms with Crippen LogP contribution in [0, 0.1) is 5.92 Å². The number of nitrogens with one attached hydrogen (secondary N) is 5. The maximum absolute atomic E-state index is 14.6. The van der Waals surface area contributed by atoms with E-state index in [1.165, 1.54) is 68.2 Å². The average Bonchev–Trinajstić information content (AvgIpc) is 3.82. The van der Waals surface area contributed by atoms with Crippen LogP contribution in [0.15, 0.2) is 29.1 Å². The SMILES string of the molecule is CC[C@H](NC(=O)[C@@](C)(O)C(F)(F)F)C(=O)N[C@@H](CCCNC(=O)c1cscn1)C(=O)N(C)[C@H]1CCCCN(C)C(=O)[C@@H](C)NC(=O)[C@H](Cc2cc(Cl)ccc2Cl)N(C)C(=O)[C@H](CC(C)C)NC1=O. The standard InChI is InChI=1S/C44H62Cl2F3N9O9S/c1-9-29(55-42(66)43(5,67)44(47,48)49)36(60)53-30(13-12-17-50-35(59)32-22-68-23-51-32)40(64)57(7)33-14-10-11-18-56(6)39(63)25(4)52-38(62)34(21-26-20-27(45)15-16-28(26)46)58(8)41(65)31(19-24(2)3)54-37(33)61/h15-16,20,22-25,29-31,33-34,67H,9-14,17-19,21H2,1-8H3,(H,50,59)(H,52,62)(H,53,60)(H,54,61)(H,55,66)/t25-,29+,30+,31+,33+,34+,43-/m1/s1. The Morgan fingerprint density at radius 3 is 2.29 bits per heavy atom. The molecule has 378 valence electrons. The van der Waals surface area contributed by atoms with Gasteiger partial charge in [-0.2, -0.15) is 13.2 Å². The second-order valence-electron chi connectivity index (χ2n) is 17.4. The number of alkyl halides is 3. The molecule has 0 unspecified atom stereocenters. The number of aliphatic hydroxyl groups is 1. The fourth-order valence-corrected chi connectivity index (χ4v) is 8.23. The summed E-state index contributed by atoms with van der Waals surface area (Å²) in [5.74, 6) is -7.10. The minimum absolute atomic E-state index is 0.0127. The lowest BCUT2D eigenvalue weighted by Crippen LogP contribution is -2.61. The number of thiazole rings is 1. The highest BCUT2D eigenvalue weighted by Gasteiger charge is 2.56. The van der Waals surface area contributed by atoms with Gasteiger partial charge >= 0.3 is 6.18 Å². The van der Waals surface area contributed by atoms with Crippen LogP contribution in [0.25, 0.3) is 0 Å². The van der Waals surface area contributed by atoms with Crippen LogP contribution in [0.3, 0.4) is 0 Å². The topological polar surface area (TPSA) is 240 Å². The van der Waals surface area contributed by atoms with Gasteiger partial charge in [0.15, 0.2) is 0 Å². The van der Waals surface area contributed by atoms with E-state index < -0.39 is 95.3 Å². The Labute approximate surface area is 407 Å². The number of carbonyl (C=O) groups excluding carboxylic acids is 8. The molecule has 0 radical (unpaired) electrons. The summed E-state index contributed by atoms with van der Waals surface area (Å²) < 4.78 is 40.5. The highest BCUT2D eigenvalue weighted by molar-refractivity contribution is 7.07. The van der Waals surface area contributed by atoms with Crippen LogP contribution in [-0.4, -0.2) is 154 Å². The number of carbonyl (C=O) groups is 8. The summed E-state index contributed by atoms with van der Waals surface area (Å²) in [7, 11) is 4.21. The number of hydrogen-bond donors (Lipinski definition) is 6. The van der Waals surface area contributed by atoms with Crippen LogP contribution in [-0.2, 0) is 40.0 Å². The molecule has 1 aromatic heterocycles. The summed E-state index contributed by atoms with van der Waals surface area (Å²) in [6, 6.07) is -3.35. The minimum atomic E-state index is -5.39. The van der Waals surface area contributed by atoms with Crippen molar-refractivity contribution in [1.82, 2.24) is 46.3 Å². The van der Waals surface area contributed by atoms with Gasteiger partial charge in [0, 0.05) is 56.1 Å². The highest BCUT2D eigenvalue weighted by atomic mass is 35.5. The lowest BCUT2D eigenvalue weighted by atomic mass is 9.98. The van der Waals surface area contributed by atoms with Gasteiger partial charge in [0.1, 0.15) is 41.9 Å². The molecule has 1 aromatic carbocycles. The van der Waals surface area contributed by atoms with Crippen molar-refractivity contribution >= 4 is 81.8 Å². The normalized spacial score (nSPS) is 21.0. The van der Waals surface area contributed by atoms with Crippen LogP contribution >= 0.6 is 34.5 Å². The summed E-state index contributed by atoms with van der Waals surface area (Å²) in [6.07, 6.45) is -5.27. The first kappa shape index (κ1) is 57.3. The van der Waals surface area contributed by atoms with Crippen LogP contribution in [0.2, 0.25) is 10.0 Å². The monoisotopic (exact) mass is 1020 g/mol. The lowest BCUT2D eigenvalue weighted by molar-refractivity contribution is -0.245. The Morgan fingerprint density at radius 1 is 1.01 bits per heavy atom. The molecule has 7 atom stereocenters. The Kier molecular flexibility index (Phi) is 21.5. The fourth-order valence-electron chi connectivity index (χ4n) is 7.31. The molecule has 0 bridgehead atoms. The van der Waals surface area contributed by atoms with E-state index in [2.05, 4.69) is 26.3 Å². The number of rotatable bonds is 16. The third kappa shape index (κ3) is 15.7. The van der Waals surface area contributed by atoms with Crippen LogP contribution in [0.5, 0.6) is 0 Å². The first-order valence-corrected chi connectivity index (χ1v) is 23.8. The van der Waals surface area contributed by atoms with Crippen LogP contribution < -0.4 is 26.6 Å². The number of aromatic nitrogens is 1. The second-order valence-corrected chi connectivity index (χ2v) is 18.9. The van der Waals surface area contributed by atoms with Gasteiger partial charge in [0.25, 0.3) is 11.8 Å². The van der Waals surface area contributed by atoms with Gasteiger partial charge in [-0.15, -0.1) is 11.3 Å². The molecule has 1 aliphatic rings. The molecule has 6 N–H and O–H groups in total. The van der Waals surface area contributed by atoms with Gasteiger partial charge < -0.3 is 46.4 Å². The predicted octanol–water partition coefficient (Wildman–Crippen LogP) is 3.23. The molecule has 3 rings (SSSR count). The summed E-state index contributed by atoms with van der Waals surface area (Å²) in [5.41, 5.74) is -1.82. The Balaban J connectivity index is 2.04. The third-order valence-electron chi connectivity index (χ3n) is 11.6. The van der Waals surface area contributed by atoms with Gasteiger partial charge in [-0.3, -0.25) is 38.4 Å². The van der Waals surface area contributed by atoms with Crippen molar-refractivity contribution in [3.63, 3.8) is 0 Å². The summed E-state index contributed by atoms with van der Waals surface area (Å²) >= 11 is 14.0. The number of halogens is 5. The zero-order chi connectivity index (χ0) is 51.3. The van der Waals surface area contributed by atoms with Gasteiger partial charge in [-0.25, -0.2) is 4.98 Å². The molecule has 0 spiro atoms. The number of nitrogens with zero attached hydrogens (tertiary/aromatic N) is 4. The Hall–Kier alpha value is -5.06. The predicted molar refractivity (Wildman–Crippen MR) is 248 cm³/mol. The van der Waals surface area contributed by atoms with E-state index >= 15 is 0 Å². The maximum Gasteiger partial charge on any atom is 0.426 e. The van der Waals surface area contributed by atoms with E-state index in [4.69, 9.17) is 23.2 Å². The van der Waals surface area contributed by atoms with Crippen molar-refractivity contribution in [2.45, 2.75) is 134 Å². The van der Waals surface area contributed by atoms with Crippen molar-refractivity contribution in [3.8, 4) is 0 Å². The molecule has 1 fully saturated rings. The first-order chi connectivity index (χ1) is 31.7. The van der Waals surface area contributed by atoms with Crippen molar-refractivity contribution < 1.29 is 56.6 Å². The smallest absolute Gasteiger partial charge is 0.373 e.